The Morgan fingerprint density at radius 3 is 3.00 bits per heavy atom. The molecule has 1 aliphatic rings. The lowest BCUT2D eigenvalue weighted by molar-refractivity contribution is 0.252. The number of hydrogen-bond donors (Lipinski definition) is 0. The van der Waals surface area contributed by atoms with Gasteiger partial charge in [-0.3, -0.25) is 0 Å². The molecule has 4 heteroatoms. The minimum Gasteiger partial charge on any atom is -0.487 e. The maximum atomic E-state index is 13.2. The van der Waals surface area contributed by atoms with E-state index >= 15 is 0 Å². The summed E-state index contributed by atoms with van der Waals surface area (Å²) < 4.78 is 24.2. The second kappa shape index (κ2) is 3.79. The molecular formula is C9H8FIO2. The Balaban J connectivity index is 2.07. The molecule has 0 amide bonds. The molecule has 0 aliphatic carbocycles. The zero-order valence-electron chi connectivity index (χ0n) is 6.80. The Bertz CT molecular complexity index is 292. The normalized spacial score (nSPS) is 20.0. The topological polar surface area (TPSA) is 21.8 Å². The highest BCUT2D eigenvalue weighted by atomic mass is 127. The molecule has 1 aromatic rings. The van der Waals surface area contributed by atoms with E-state index in [-0.39, 0.29) is 11.9 Å². The summed E-state index contributed by atoms with van der Waals surface area (Å²) in [5.41, 5.74) is 0. The molecule has 2 rings (SSSR count). The van der Waals surface area contributed by atoms with Crippen LogP contribution >= 0.6 is 22.6 Å². The average Bonchev–Trinajstić information content (AvgIpc) is 2.87. The molecule has 0 saturated carbocycles. The van der Waals surface area contributed by atoms with Crippen molar-refractivity contribution in [3.05, 3.63) is 27.6 Å². The van der Waals surface area contributed by atoms with Gasteiger partial charge in [-0.1, -0.05) is 6.07 Å². The van der Waals surface area contributed by atoms with Crippen LogP contribution in [0.15, 0.2) is 18.2 Å². The lowest BCUT2D eigenvalue weighted by atomic mass is 10.3. The summed E-state index contributed by atoms with van der Waals surface area (Å²) in [4.78, 5) is 0. The molecule has 1 unspecified atom stereocenters. The number of ether oxygens (including phenoxy) is 2. The Morgan fingerprint density at radius 2 is 2.38 bits per heavy atom. The molecule has 0 N–H and O–H groups in total. The summed E-state index contributed by atoms with van der Waals surface area (Å²) in [6.07, 6.45) is 0.162. The van der Waals surface area contributed by atoms with Crippen LogP contribution in [0.3, 0.4) is 0 Å². The van der Waals surface area contributed by atoms with Crippen LogP contribution in [0.4, 0.5) is 4.39 Å². The molecule has 0 bridgehead atoms. The van der Waals surface area contributed by atoms with Crippen LogP contribution < -0.4 is 4.74 Å². The van der Waals surface area contributed by atoms with Crippen LogP contribution in [0.2, 0.25) is 0 Å². The van der Waals surface area contributed by atoms with Gasteiger partial charge < -0.3 is 9.47 Å². The van der Waals surface area contributed by atoms with Gasteiger partial charge in [0, 0.05) is 0 Å². The van der Waals surface area contributed by atoms with E-state index in [1.807, 2.05) is 28.7 Å². The zero-order chi connectivity index (χ0) is 9.26. The number of hydrogen-bond acceptors (Lipinski definition) is 2. The quantitative estimate of drug-likeness (QED) is 0.630. The van der Waals surface area contributed by atoms with Crippen LogP contribution in [0, 0.1) is 9.39 Å². The SMILES string of the molecule is Fc1cccc(I)c1OCC1CO1. The van der Waals surface area contributed by atoms with E-state index in [1.165, 1.54) is 6.07 Å². The smallest absolute Gasteiger partial charge is 0.168 e. The first kappa shape index (κ1) is 9.21. The molecule has 70 valence electrons. The fraction of sp³-hybridized carbons (Fsp3) is 0.333. The summed E-state index contributed by atoms with van der Waals surface area (Å²) >= 11 is 2.05. The Morgan fingerprint density at radius 1 is 1.62 bits per heavy atom. The van der Waals surface area contributed by atoms with E-state index in [2.05, 4.69) is 0 Å². The van der Waals surface area contributed by atoms with Gasteiger partial charge in [-0.15, -0.1) is 0 Å². The van der Waals surface area contributed by atoms with Crippen molar-refractivity contribution in [1.82, 2.24) is 0 Å². The van der Waals surface area contributed by atoms with Crippen molar-refractivity contribution >= 4 is 22.6 Å². The predicted octanol–water partition coefficient (Wildman–Crippen LogP) is 2.21. The highest BCUT2D eigenvalue weighted by Gasteiger charge is 2.24. The van der Waals surface area contributed by atoms with E-state index in [0.717, 1.165) is 10.2 Å². The first-order valence-electron chi connectivity index (χ1n) is 3.96. The number of benzene rings is 1. The van der Waals surface area contributed by atoms with Gasteiger partial charge in [0.2, 0.25) is 0 Å². The molecule has 1 heterocycles. The van der Waals surface area contributed by atoms with Crippen molar-refractivity contribution in [2.24, 2.45) is 0 Å². The lowest BCUT2D eigenvalue weighted by Gasteiger charge is -2.06. The molecule has 1 saturated heterocycles. The van der Waals surface area contributed by atoms with Crippen LogP contribution in [-0.2, 0) is 4.74 Å². The first-order valence-corrected chi connectivity index (χ1v) is 5.03. The fourth-order valence-electron chi connectivity index (χ4n) is 0.961. The van der Waals surface area contributed by atoms with Gasteiger partial charge in [-0.2, -0.15) is 0 Å². The third-order valence-electron chi connectivity index (χ3n) is 1.73. The summed E-state index contributed by atoms with van der Waals surface area (Å²) in [6, 6.07) is 4.87. The molecule has 0 aromatic heterocycles. The van der Waals surface area contributed by atoms with Gasteiger partial charge in [-0.25, -0.2) is 4.39 Å². The lowest BCUT2D eigenvalue weighted by Crippen LogP contribution is -2.06. The molecule has 13 heavy (non-hydrogen) atoms. The summed E-state index contributed by atoms with van der Waals surface area (Å²) in [6.45, 7) is 1.17. The van der Waals surface area contributed by atoms with Crippen molar-refractivity contribution in [3.8, 4) is 5.75 Å². The largest absolute Gasteiger partial charge is 0.487 e. The van der Waals surface area contributed by atoms with Crippen LogP contribution in [0.5, 0.6) is 5.75 Å². The van der Waals surface area contributed by atoms with Crippen LogP contribution in [-0.4, -0.2) is 19.3 Å². The molecule has 1 atom stereocenters. The van der Waals surface area contributed by atoms with Gasteiger partial charge in [0.05, 0.1) is 10.2 Å². The Hall–Kier alpha value is -0.360. The summed E-state index contributed by atoms with van der Waals surface area (Å²) in [7, 11) is 0. The van der Waals surface area contributed by atoms with Crippen molar-refractivity contribution in [1.29, 1.82) is 0 Å². The average molecular weight is 294 g/mol. The molecule has 0 radical (unpaired) electrons. The molecule has 1 aromatic carbocycles. The number of rotatable bonds is 3. The second-order valence-corrected chi connectivity index (χ2v) is 3.98. The second-order valence-electron chi connectivity index (χ2n) is 2.82. The van der Waals surface area contributed by atoms with Crippen molar-refractivity contribution < 1.29 is 13.9 Å². The monoisotopic (exact) mass is 294 g/mol. The Kier molecular flexibility index (Phi) is 2.69. The molecular weight excluding hydrogens is 286 g/mol. The van der Waals surface area contributed by atoms with Crippen LogP contribution in [0.1, 0.15) is 0 Å². The highest BCUT2D eigenvalue weighted by Crippen LogP contribution is 2.25. The summed E-state index contributed by atoms with van der Waals surface area (Å²) in [5, 5.41) is 0. The van der Waals surface area contributed by atoms with Gasteiger partial charge >= 0.3 is 0 Å². The molecule has 2 nitrogen and oxygen atoms in total. The first-order chi connectivity index (χ1) is 6.27. The summed E-state index contributed by atoms with van der Waals surface area (Å²) in [5.74, 6) is 0.0196. The van der Waals surface area contributed by atoms with Crippen molar-refractivity contribution in [2.75, 3.05) is 13.2 Å². The molecule has 0 spiro atoms. The molecule has 1 fully saturated rings. The van der Waals surface area contributed by atoms with E-state index in [9.17, 15) is 4.39 Å². The molecule has 1 aliphatic heterocycles. The third-order valence-corrected chi connectivity index (χ3v) is 2.58. The van der Waals surface area contributed by atoms with Gasteiger partial charge in [0.25, 0.3) is 0 Å². The van der Waals surface area contributed by atoms with Crippen molar-refractivity contribution in [2.45, 2.75) is 6.10 Å². The maximum Gasteiger partial charge on any atom is 0.168 e. The van der Waals surface area contributed by atoms with Crippen molar-refractivity contribution in [3.63, 3.8) is 0 Å². The van der Waals surface area contributed by atoms with E-state index in [0.29, 0.717) is 12.4 Å². The fourth-order valence-corrected chi connectivity index (χ4v) is 1.58. The predicted molar refractivity (Wildman–Crippen MR) is 54.4 cm³/mol. The standard InChI is InChI=1S/C9H8FIO2/c10-7-2-1-3-8(11)9(7)13-5-6-4-12-6/h1-3,6H,4-5H2. The number of para-hydroxylation sites is 1. The maximum absolute atomic E-state index is 13.2. The number of epoxide rings is 1. The third kappa shape index (κ3) is 2.31. The van der Waals surface area contributed by atoms with Gasteiger partial charge in [-0.05, 0) is 34.7 Å². The number of halogens is 2. The van der Waals surface area contributed by atoms with E-state index in [4.69, 9.17) is 9.47 Å². The van der Waals surface area contributed by atoms with Gasteiger partial charge in [0.1, 0.15) is 12.7 Å². The van der Waals surface area contributed by atoms with E-state index in [1.54, 1.807) is 6.07 Å². The van der Waals surface area contributed by atoms with E-state index < -0.39 is 0 Å². The highest BCUT2D eigenvalue weighted by molar-refractivity contribution is 14.1. The zero-order valence-corrected chi connectivity index (χ0v) is 8.95. The minimum atomic E-state index is -0.312. The minimum absolute atomic E-state index is 0.162. The van der Waals surface area contributed by atoms with Gasteiger partial charge in [0.15, 0.2) is 11.6 Å². The van der Waals surface area contributed by atoms with Crippen LogP contribution in [0.25, 0.3) is 0 Å². The Labute approximate surface area is 89.2 Å².